The molecule has 0 fully saturated rings. The fourth-order valence-electron chi connectivity index (χ4n) is 2.13. The van der Waals surface area contributed by atoms with Gasteiger partial charge in [0, 0.05) is 18.7 Å². The molecule has 7 heteroatoms. The van der Waals surface area contributed by atoms with E-state index >= 15 is 0 Å². The van der Waals surface area contributed by atoms with E-state index in [9.17, 15) is 9.59 Å². The summed E-state index contributed by atoms with van der Waals surface area (Å²) in [6, 6.07) is 1.45. The van der Waals surface area contributed by atoms with Crippen LogP contribution >= 0.6 is 11.6 Å². The van der Waals surface area contributed by atoms with E-state index in [4.69, 9.17) is 16.3 Å². The molecule has 1 aliphatic heterocycles. The maximum absolute atomic E-state index is 12.3. The second kappa shape index (κ2) is 5.09. The lowest BCUT2D eigenvalue weighted by Gasteiger charge is -2.36. The number of carbonyl (C=O) groups excluding carboxylic acids is 1. The third kappa shape index (κ3) is 2.95. The van der Waals surface area contributed by atoms with Crippen LogP contribution in [0.2, 0.25) is 5.15 Å². The predicted octanol–water partition coefficient (Wildman–Crippen LogP) is 2.43. The molecule has 1 atom stereocenters. The molecule has 2 rings (SSSR count). The molecule has 0 bridgehead atoms. The standard InChI is InChI=1S/C13H18ClN3O3/c1-8-5-6-16-10(7-9(14)15-11(16)18)17(8)12(19)20-13(2,3)4/h7-8H,5-6H2,1-4H3/t8-/m1/s1. The van der Waals surface area contributed by atoms with E-state index in [1.807, 2.05) is 6.92 Å². The summed E-state index contributed by atoms with van der Waals surface area (Å²) in [5.74, 6) is 0.433. The minimum Gasteiger partial charge on any atom is -0.443 e. The molecule has 0 radical (unpaired) electrons. The molecule has 1 amide bonds. The van der Waals surface area contributed by atoms with Crippen LogP contribution in [0.15, 0.2) is 10.9 Å². The second-order valence-corrected chi connectivity index (χ2v) is 6.25. The Hall–Kier alpha value is -1.56. The highest BCUT2D eigenvalue weighted by molar-refractivity contribution is 6.29. The van der Waals surface area contributed by atoms with Crippen molar-refractivity contribution >= 4 is 23.5 Å². The summed E-state index contributed by atoms with van der Waals surface area (Å²) >= 11 is 5.83. The van der Waals surface area contributed by atoms with Crippen LogP contribution in [0, 0.1) is 0 Å². The van der Waals surface area contributed by atoms with E-state index in [1.54, 1.807) is 20.8 Å². The number of anilines is 1. The summed E-state index contributed by atoms with van der Waals surface area (Å²) in [5, 5.41) is 0.0731. The summed E-state index contributed by atoms with van der Waals surface area (Å²) in [7, 11) is 0. The van der Waals surface area contributed by atoms with Crippen molar-refractivity contribution in [2.24, 2.45) is 0 Å². The van der Waals surface area contributed by atoms with E-state index in [0.29, 0.717) is 18.8 Å². The second-order valence-electron chi connectivity index (χ2n) is 5.86. The largest absolute Gasteiger partial charge is 0.443 e. The molecule has 0 saturated carbocycles. The van der Waals surface area contributed by atoms with Crippen LogP contribution in [0.5, 0.6) is 0 Å². The van der Waals surface area contributed by atoms with Crippen LogP contribution in [-0.4, -0.2) is 27.3 Å². The van der Waals surface area contributed by atoms with Crippen molar-refractivity contribution in [3.05, 3.63) is 21.7 Å². The van der Waals surface area contributed by atoms with Crippen molar-refractivity contribution in [1.29, 1.82) is 0 Å². The zero-order valence-corrected chi connectivity index (χ0v) is 12.8. The predicted molar refractivity (Wildman–Crippen MR) is 76.3 cm³/mol. The molecule has 6 nitrogen and oxygen atoms in total. The Morgan fingerprint density at radius 3 is 2.75 bits per heavy atom. The molecule has 0 spiro atoms. The molecule has 1 aromatic heterocycles. The highest BCUT2D eigenvalue weighted by atomic mass is 35.5. The summed E-state index contributed by atoms with van der Waals surface area (Å²) in [6.07, 6.45) is 0.176. The van der Waals surface area contributed by atoms with Crippen LogP contribution in [0.4, 0.5) is 10.6 Å². The highest BCUT2D eigenvalue weighted by Crippen LogP contribution is 2.27. The lowest BCUT2D eigenvalue weighted by molar-refractivity contribution is 0.0557. The van der Waals surface area contributed by atoms with Crippen molar-refractivity contribution in [3.63, 3.8) is 0 Å². The van der Waals surface area contributed by atoms with Crippen LogP contribution in [0.3, 0.4) is 0 Å². The quantitative estimate of drug-likeness (QED) is 0.690. The van der Waals surface area contributed by atoms with E-state index in [-0.39, 0.29) is 11.2 Å². The minimum absolute atomic E-state index is 0.0669. The van der Waals surface area contributed by atoms with E-state index in [1.165, 1.54) is 15.5 Å². The Labute approximate surface area is 122 Å². The molecular formula is C13H18ClN3O3. The van der Waals surface area contributed by atoms with Crippen molar-refractivity contribution in [3.8, 4) is 0 Å². The van der Waals surface area contributed by atoms with Gasteiger partial charge in [0.1, 0.15) is 16.6 Å². The zero-order valence-electron chi connectivity index (χ0n) is 12.0. The number of hydrogen-bond donors (Lipinski definition) is 0. The molecule has 0 saturated heterocycles. The minimum atomic E-state index is -0.601. The first kappa shape index (κ1) is 14.8. The fraction of sp³-hybridized carbons (Fsp3) is 0.615. The molecule has 1 aliphatic rings. The lowest BCUT2D eigenvalue weighted by atomic mass is 10.1. The number of hydrogen-bond acceptors (Lipinski definition) is 4. The topological polar surface area (TPSA) is 64.4 Å². The van der Waals surface area contributed by atoms with Gasteiger partial charge >= 0.3 is 11.8 Å². The van der Waals surface area contributed by atoms with Crippen LogP contribution in [0.1, 0.15) is 34.1 Å². The Kier molecular flexibility index (Phi) is 3.77. The average Bonchev–Trinajstić information content (AvgIpc) is 2.25. The SMILES string of the molecule is C[C@@H]1CCn2c(cc(Cl)nc2=O)N1C(=O)OC(C)(C)C. The number of carbonyl (C=O) groups is 1. The number of ether oxygens (including phenoxy) is 1. The molecule has 110 valence electrons. The first-order chi connectivity index (χ1) is 9.19. The Morgan fingerprint density at radius 1 is 1.50 bits per heavy atom. The number of amides is 1. The number of rotatable bonds is 0. The maximum Gasteiger partial charge on any atom is 0.416 e. The van der Waals surface area contributed by atoms with Gasteiger partial charge in [-0.1, -0.05) is 11.6 Å². The van der Waals surface area contributed by atoms with Crippen LogP contribution < -0.4 is 10.6 Å². The third-order valence-electron chi connectivity index (χ3n) is 3.01. The number of fused-ring (bicyclic) bond motifs is 1. The summed E-state index contributed by atoms with van der Waals surface area (Å²) in [5.41, 5.74) is -1.05. The van der Waals surface area contributed by atoms with E-state index < -0.39 is 17.4 Å². The lowest BCUT2D eigenvalue weighted by Crippen LogP contribution is -2.48. The number of aromatic nitrogens is 2. The van der Waals surface area contributed by atoms with Gasteiger partial charge in [0.15, 0.2) is 0 Å². The molecule has 0 N–H and O–H groups in total. The highest BCUT2D eigenvalue weighted by Gasteiger charge is 2.32. The van der Waals surface area contributed by atoms with Gasteiger partial charge in [0.25, 0.3) is 0 Å². The summed E-state index contributed by atoms with van der Waals surface area (Å²) in [6.45, 7) is 7.81. The Balaban J connectivity index is 2.45. The van der Waals surface area contributed by atoms with Crippen LogP contribution in [0.25, 0.3) is 0 Å². The van der Waals surface area contributed by atoms with Gasteiger partial charge in [0.2, 0.25) is 0 Å². The molecule has 20 heavy (non-hydrogen) atoms. The van der Waals surface area contributed by atoms with Crippen molar-refractivity contribution in [2.75, 3.05) is 4.90 Å². The third-order valence-corrected chi connectivity index (χ3v) is 3.20. The summed E-state index contributed by atoms with van der Waals surface area (Å²) in [4.78, 5) is 29.3. The van der Waals surface area contributed by atoms with Crippen molar-refractivity contribution in [1.82, 2.24) is 9.55 Å². The molecule has 0 aliphatic carbocycles. The molecular weight excluding hydrogens is 282 g/mol. The normalized spacial score (nSPS) is 18.6. The Morgan fingerprint density at radius 2 is 2.15 bits per heavy atom. The molecule has 0 aromatic carbocycles. The molecule has 2 heterocycles. The van der Waals surface area contributed by atoms with Crippen LogP contribution in [-0.2, 0) is 11.3 Å². The first-order valence-corrected chi connectivity index (χ1v) is 6.86. The molecule has 1 aromatic rings. The van der Waals surface area contributed by atoms with Gasteiger partial charge in [-0.2, -0.15) is 4.98 Å². The first-order valence-electron chi connectivity index (χ1n) is 6.48. The van der Waals surface area contributed by atoms with Gasteiger partial charge < -0.3 is 4.74 Å². The van der Waals surface area contributed by atoms with Crippen molar-refractivity contribution in [2.45, 2.75) is 52.3 Å². The molecule has 0 unspecified atom stereocenters. The smallest absolute Gasteiger partial charge is 0.416 e. The van der Waals surface area contributed by atoms with Gasteiger partial charge in [-0.15, -0.1) is 0 Å². The van der Waals surface area contributed by atoms with Gasteiger partial charge in [-0.05, 0) is 34.1 Å². The van der Waals surface area contributed by atoms with Gasteiger partial charge in [0.05, 0.1) is 0 Å². The van der Waals surface area contributed by atoms with E-state index in [0.717, 1.165) is 0 Å². The zero-order chi connectivity index (χ0) is 15.1. The number of nitrogens with zero attached hydrogens (tertiary/aromatic N) is 3. The maximum atomic E-state index is 12.3. The van der Waals surface area contributed by atoms with Gasteiger partial charge in [-0.25, -0.2) is 9.59 Å². The fourth-order valence-corrected chi connectivity index (χ4v) is 2.30. The van der Waals surface area contributed by atoms with Gasteiger partial charge in [-0.3, -0.25) is 9.47 Å². The number of halogens is 1. The Bertz CT molecular complexity index is 592. The van der Waals surface area contributed by atoms with Crippen molar-refractivity contribution < 1.29 is 9.53 Å². The summed E-state index contributed by atoms with van der Waals surface area (Å²) < 4.78 is 6.83. The van der Waals surface area contributed by atoms with E-state index in [2.05, 4.69) is 4.98 Å². The average molecular weight is 300 g/mol. The monoisotopic (exact) mass is 299 g/mol.